The van der Waals surface area contributed by atoms with Crippen LogP contribution < -0.4 is 4.89 Å². The van der Waals surface area contributed by atoms with Crippen LogP contribution in [0.2, 0.25) is 0 Å². The van der Waals surface area contributed by atoms with Crippen molar-refractivity contribution >= 4 is 19.8 Å². The Bertz CT molecular complexity index is 1810. The van der Waals surface area contributed by atoms with Gasteiger partial charge in [-0.1, -0.05) is 257 Å². The molecule has 0 N–H and O–H groups in total. The molecule has 0 radical (unpaired) electrons. The van der Waals surface area contributed by atoms with E-state index in [0.29, 0.717) is 17.4 Å². The Kier molecular flexibility index (Phi) is 56.9. The molecule has 0 aromatic heterocycles. The Morgan fingerprint density at radius 2 is 0.675 bits per heavy atom. The van der Waals surface area contributed by atoms with Gasteiger partial charge in [0.15, 0.2) is 6.10 Å². The van der Waals surface area contributed by atoms with Gasteiger partial charge in [0, 0.05) is 12.8 Å². The quantitative estimate of drug-likeness (QED) is 0.0195. The molecule has 0 aromatic carbocycles. The molecule has 0 aliphatic rings. The molecule has 10 heteroatoms. The molecule has 0 heterocycles. The first-order valence-corrected chi connectivity index (χ1v) is 33.4. The molecule has 0 aromatic rings. The minimum absolute atomic E-state index is 0.0399. The molecule has 2 unspecified atom stereocenters. The first kappa shape index (κ1) is 76.1. The van der Waals surface area contributed by atoms with E-state index >= 15 is 0 Å². The maximum atomic E-state index is 12.8. The van der Waals surface area contributed by atoms with Gasteiger partial charge in [0.1, 0.15) is 19.8 Å². The van der Waals surface area contributed by atoms with Gasteiger partial charge in [-0.25, -0.2) is 0 Å². The van der Waals surface area contributed by atoms with Gasteiger partial charge in [0.05, 0.1) is 27.7 Å². The van der Waals surface area contributed by atoms with Crippen molar-refractivity contribution in [2.75, 3.05) is 47.5 Å². The summed E-state index contributed by atoms with van der Waals surface area (Å²) in [6.07, 6.45) is 86.4. The SMILES string of the molecule is CC/C=C\C/C=C\C/C=C\C/C=C\C/C=C\C/C=C\C/C=C\CCCCCCCCCC(=O)OC(COC(=O)CCCCCCCCCCCCCCCC/C=C\C/C=C\C/C=C\C/C=C\CC)COP(=O)([O-])OCC[N+](C)(C)C. The topological polar surface area (TPSA) is 111 Å². The average Bonchev–Trinajstić information content (AvgIpc) is 3.42. The molecule has 0 fully saturated rings. The third-order valence-corrected chi connectivity index (χ3v) is 14.1. The number of carbonyl (C=O) groups is 2. The van der Waals surface area contributed by atoms with E-state index < -0.39 is 32.5 Å². The molecule has 0 saturated carbocycles. The van der Waals surface area contributed by atoms with Crippen molar-refractivity contribution in [3.05, 3.63) is 134 Å². The lowest BCUT2D eigenvalue weighted by Gasteiger charge is -2.28. The van der Waals surface area contributed by atoms with E-state index in [-0.39, 0.29) is 26.1 Å². The average molecular weight is 1130 g/mol. The fourth-order valence-electron chi connectivity index (χ4n) is 8.33. The highest BCUT2D eigenvalue weighted by Crippen LogP contribution is 2.38. The van der Waals surface area contributed by atoms with Crippen LogP contribution in [0, 0.1) is 0 Å². The fraction of sp³-hybridized carbons (Fsp3) is 0.657. The molecule has 0 aliphatic carbocycles. The Morgan fingerprint density at radius 1 is 0.388 bits per heavy atom. The second kappa shape index (κ2) is 59.8. The molecule has 0 spiro atoms. The van der Waals surface area contributed by atoms with Crippen molar-refractivity contribution in [1.82, 2.24) is 0 Å². The second-order valence-corrected chi connectivity index (χ2v) is 23.4. The van der Waals surface area contributed by atoms with Crippen LogP contribution in [-0.2, 0) is 32.7 Å². The number of nitrogens with zero attached hydrogens (tertiary/aromatic N) is 1. The standard InChI is InChI=1S/C70H118NO8P/c1-6-8-10-12-14-16-18-20-22-24-26-28-30-32-34-35-37-39-41-43-45-47-49-51-53-55-57-59-61-63-70(73)79-68(67-78-80(74,75)77-65-64-71(3,4)5)66-76-69(72)62-60-58-56-54-52-50-48-46-44-42-40-38-36-33-31-29-27-25-23-21-19-17-15-13-11-9-7-2/h8-11,14-17,20-23,26-29,32,34,37,39,43,45,68H,6-7,12-13,18-19,24-25,30-31,33,35-36,38,40-42,44,46-67H2,1-5H3/b10-8-,11-9-,16-14-,17-15-,22-20-,23-21-,28-26-,29-27-,34-32-,39-37-,45-43-. The van der Waals surface area contributed by atoms with Crippen LogP contribution in [0.3, 0.4) is 0 Å². The molecular formula is C70H118NO8P. The number of hydrogen-bond acceptors (Lipinski definition) is 8. The molecule has 80 heavy (non-hydrogen) atoms. The van der Waals surface area contributed by atoms with Crippen molar-refractivity contribution in [2.24, 2.45) is 0 Å². The van der Waals surface area contributed by atoms with E-state index in [1.165, 1.54) is 96.3 Å². The summed E-state index contributed by atoms with van der Waals surface area (Å²) in [5, 5.41) is 0. The van der Waals surface area contributed by atoms with Crippen LogP contribution in [-0.4, -0.2) is 70.0 Å². The largest absolute Gasteiger partial charge is 0.756 e. The zero-order valence-electron chi connectivity index (χ0n) is 51.7. The zero-order valence-corrected chi connectivity index (χ0v) is 52.6. The highest BCUT2D eigenvalue weighted by Gasteiger charge is 2.22. The van der Waals surface area contributed by atoms with Crippen molar-refractivity contribution in [1.29, 1.82) is 0 Å². The van der Waals surface area contributed by atoms with Crippen molar-refractivity contribution in [2.45, 2.75) is 251 Å². The normalized spacial score (nSPS) is 14.1. The van der Waals surface area contributed by atoms with E-state index in [4.69, 9.17) is 18.5 Å². The Morgan fingerprint density at radius 3 is 1.00 bits per heavy atom. The van der Waals surface area contributed by atoms with Gasteiger partial charge in [-0.05, 0) is 109 Å². The molecule has 0 amide bonds. The van der Waals surface area contributed by atoms with Gasteiger partial charge in [-0.3, -0.25) is 14.2 Å². The molecule has 0 aliphatic heterocycles. The predicted octanol–water partition coefficient (Wildman–Crippen LogP) is 19.9. The summed E-state index contributed by atoms with van der Waals surface area (Å²) < 4.78 is 34.2. The van der Waals surface area contributed by atoms with Crippen LogP contribution in [0.4, 0.5) is 0 Å². The molecule has 0 rings (SSSR count). The number of phosphoric ester groups is 1. The van der Waals surface area contributed by atoms with E-state index in [0.717, 1.165) is 116 Å². The highest BCUT2D eigenvalue weighted by atomic mass is 31.2. The monoisotopic (exact) mass is 1130 g/mol. The van der Waals surface area contributed by atoms with Crippen LogP contribution in [0.1, 0.15) is 245 Å². The van der Waals surface area contributed by atoms with Gasteiger partial charge in [0.25, 0.3) is 7.82 Å². The van der Waals surface area contributed by atoms with E-state index in [1.54, 1.807) is 0 Å². The van der Waals surface area contributed by atoms with Crippen molar-refractivity contribution < 1.29 is 42.1 Å². The number of unbranched alkanes of at least 4 members (excludes halogenated alkanes) is 21. The Labute approximate surface area is 491 Å². The molecule has 0 bridgehead atoms. The summed E-state index contributed by atoms with van der Waals surface area (Å²) >= 11 is 0. The number of allylic oxidation sites excluding steroid dienone is 22. The second-order valence-electron chi connectivity index (χ2n) is 22.0. The Balaban J connectivity index is 4.17. The number of ether oxygens (including phenoxy) is 2. The molecule has 9 nitrogen and oxygen atoms in total. The minimum atomic E-state index is -4.65. The van der Waals surface area contributed by atoms with Gasteiger partial charge in [-0.15, -0.1) is 0 Å². The van der Waals surface area contributed by atoms with E-state index in [2.05, 4.69) is 148 Å². The summed E-state index contributed by atoms with van der Waals surface area (Å²) in [5.74, 6) is -0.852. The first-order valence-electron chi connectivity index (χ1n) is 31.9. The summed E-state index contributed by atoms with van der Waals surface area (Å²) in [4.78, 5) is 38.0. The lowest BCUT2D eigenvalue weighted by atomic mass is 10.0. The van der Waals surface area contributed by atoms with Gasteiger partial charge >= 0.3 is 11.9 Å². The number of rotatable bonds is 57. The smallest absolute Gasteiger partial charge is 0.306 e. The summed E-state index contributed by atoms with van der Waals surface area (Å²) in [5.41, 5.74) is 0. The van der Waals surface area contributed by atoms with E-state index in [1.807, 2.05) is 21.1 Å². The Hall–Kier alpha value is -3.85. The van der Waals surface area contributed by atoms with Crippen molar-refractivity contribution in [3.63, 3.8) is 0 Å². The van der Waals surface area contributed by atoms with Crippen LogP contribution >= 0.6 is 7.82 Å². The number of phosphoric acid groups is 1. The summed E-state index contributed by atoms with van der Waals surface area (Å²) in [6.45, 7) is 4.00. The number of carbonyl (C=O) groups excluding carboxylic acids is 2. The summed E-state index contributed by atoms with van der Waals surface area (Å²) in [6, 6.07) is 0. The number of esters is 2. The van der Waals surface area contributed by atoms with Gasteiger partial charge in [0.2, 0.25) is 0 Å². The lowest BCUT2D eigenvalue weighted by molar-refractivity contribution is -0.870. The number of hydrogen-bond donors (Lipinski definition) is 0. The van der Waals surface area contributed by atoms with Crippen LogP contribution in [0.5, 0.6) is 0 Å². The fourth-order valence-corrected chi connectivity index (χ4v) is 9.06. The zero-order chi connectivity index (χ0) is 58.4. The lowest BCUT2D eigenvalue weighted by Crippen LogP contribution is -2.37. The number of likely N-dealkylation sites (N-methyl/N-ethyl adjacent to an activating group) is 1. The maximum absolute atomic E-state index is 12.8. The van der Waals surface area contributed by atoms with Crippen LogP contribution in [0.15, 0.2) is 134 Å². The highest BCUT2D eigenvalue weighted by molar-refractivity contribution is 7.45. The van der Waals surface area contributed by atoms with Crippen LogP contribution in [0.25, 0.3) is 0 Å². The third-order valence-electron chi connectivity index (χ3n) is 13.2. The van der Waals surface area contributed by atoms with E-state index in [9.17, 15) is 19.0 Å². The first-order chi connectivity index (χ1) is 39.0. The molecule has 456 valence electrons. The number of quaternary nitrogens is 1. The maximum Gasteiger partial charge on any atom is 0.306 e. The predicted molar refractivity (Wildman–Crippen MR) is 341 cm³/mol. The molecular weight excluding hydrogens is 1010 g/mol. The summed E-state index contributed by atoms with van der Waals surface area (Å²) in [7, 11) is 1.14. The van der Waals surface area contributed by atoms with Crippen molar-refractivity contribution in [3.8, 4) is 0 Å². The minimum Gasteiger partial charge on any atom is -0.756 e. The van der Waals surface area contributed by atoms with Gasteiger partial charge < -0.3 is 27.9 Å². The molecule has 2 atom stereocenters. The molecule has 0 saturated heterocycles. The van der Waals surface area contributed by atoms with Gasteiger partial charge in [-0.2, -0.15) is 0 Å². The third kappa shape index (κ3) is 63.3.